The van der Waals surface area contributed by atoms with Crippen LogP contribution < -0.4 is 39.4 Å². The number of nitrogens with zero attached hydrogens (tertiary/aromatic N) is 2. The van der Waals surface area contributed by atoms with Crippen LogP contribution in [-0.2, 0) is 85.1 Å². The van der Waals surface area contributed by atoms with Crippen molar-refractivity contribution < 1.29 is 76.3 Å². The lowest BCUT2D eigenvalue weighted by molar-refractivity contribution is -0.168. The first-order valence-electron chi connectivity index (χ1n) is 32.1. The highest BCUT2D eigenvalue weighted by Crippen LogP contribution is 2.57. The molecule has 8 aromatic carbocycles. The van der Waals surface area contributed by atoms with Gasteiger partial charge >= 0.3 is 24.1 Å². The summed E-state index contributed by atoms with van der Waals surface area (Å²) in [5, 5.41) is 4.05. The van der Waals surface area contributed by atoms with E-state index >= 15 is 9.59 Å². The van der Waals surface area contributed by atoms with E-state index in [1.165, 1.54) is 37.9 Å². The summed E-state index contributed by atoms with van der Waals surface area (Å²) >= 11 is 8.54. The number of hydrogen-bond acceptors (Lipinski definition) is 18. The lowest BCUT2D eigenvalue weighted by Gasteiger charge is -2.42. The molecule has 0 saturated heterocycles. The molecule has 0 unspecified atom stereocenters. The van der Waals surface area contributed by atoms with E-state index in [2.05, 4.69) is 42.5 Å². The van der Waals surface area contributed by atoms with Gasteiger partial charge in [-0.15, -0.1) is 0 Å². The molecule has 0 aliphatic carbocycles. The van der Waals surface area contributed by atoms with Crippen molar-refractivity contribution in [3.05, 3.63) is 236 Å². The van der Waals surface area contributed by atoms with E-state index in [-0.39, 0.29) is 37.4 Å². The maximum absolute atomic E-state index is 15.3. The average Bonchev–Trinajstić information content (AvgIpc) is 1.51. The topological polar surface area (TPSA) is 241 Å². The number of carbonyl (C=O) groups excluding carboxylic acids is 8. The van der Waals surface area contributed by atoms with E-state index in [1.807, 2.05) is 60.7 Å². The first-order valence-corrected chi connectivity index (χ1v) is 35.3. The van der Waals surface area contributed by atoms with E-state index in [4.69, 9.17) is 37.9 Å². The Morgan fingerprint density at radius 1 is 0.412 bits per heavy atom. The number of alkyl carbamates (subject to hydrolysis) is 2. The number of nitrogens with one attached hydrogen (secondary N) is 2. The van der Waals surface area contributed by atoms with Gasteiger partial charge in [0.25, 0.3) is 11.8 Å². The van der Waals surface area contributed by atoms with Crippen molar-refractivity contribution in [3.8, 4) is 23.0 Å². The molecule has 532 valence electrons. The number of benzene rings is 8. The van der Waals surface area contributed by atoms with Crippen molar-refractivity contribution in [1.82, 2.24) is 10.6 Å². The molecule has 2 N–H and O–H groups in total. The van der Waals surface area contributed by atoms with Crippen LogP contribution in [0.4, 0.5) is 21.0 Å². The minimum absolute atomic E-state index is 0.0810. The number of thioether (sulfide) groups is 2. The van der Waals surface area contributed by atoms with Crippen molar-refractivity contribution in [2.24, 2.45) is 10.8 Å². The normalized spacial score (nSPS) is 16.5. The summed E-state index contributed by atoms with van der Waals surface area (Å²) < 4.78 is 45.6. The number of esters is 2. The molecule has 0 spiro atoms. The van der Waals surface area contributed by atoms with E-state index in [0.717, 1.165) is 34.7 Å². The first-order chi connectivity index (χ1) is 48.4. The Hall–Kier alpha value is -9.62. The molecule has 24 heteroatoms. The number of hydrogen-bond donors (Lipinski definition) is 2. The number of fused-ring (bicyclic) bond motifs is 2. The van der Waals surface area contributed by atoms with Gasteiger partial charge in [0, 0.05) is 29.9 Å². The molecular formula is C78H78Br2N4O16S2. The van der Waals surface area contributed by atoms with Gasteiger partial charge in [0.05, 0.1) is 52.9 Å². The van der Waals surface area contributed by atoms with E-state index < -0.39 is 79.3 Å². The van der Waals surface area contributed by atoms with Gasteiger partial charge in [-0.1, -0.05) is 152 Å². The Kier molecular flexibility index (Phi) is 24.1. The molecule has 4 amide bonds. The Bertz CT molecular complexity index is 4110. The number of anilines is 2. The molecule has 4 atom stereocenters. The zero-order valence-corrected chi connectivity index (χ0v) is 63.1. The number of methoxy groups -OCH3 is 4. The summed E-state index contributed by atoms with van der Waals surface area (Å²) in [7, 11) is 6.13. The summed E-state index contributed by atoms with van der Waals surface area (Å²) in [5.74, 6) is -1.11. The third kappa shape index (κ3) is 16.6. The Labute approximate surface area is 618 Å². The Morgan fingerprint density at radius 2 is 0.716 bits per heavy atom. The highest BCUT2D eigenvalue weighted by molar-refractivity contribution is 9.10. The van der Waals surface area contributed by atoms with Crippen molar-refractivity contribution >= 4 is 113 Å². The fourth-order valence-electron chi connectivity index (χ4n) is 11.7. The number of rotatable bonds is 22. The van der Waals surface area contributed by atoms with Crippen LogP contribution in [0.15, 0.2) is 213 Å². The van der Waals surface area contributed by atoms with Crippen LogP contribution >= 0.6 is 55.4 Å². The van der Waals surface area contributed by atoms with Gasteiger partial charge in [-0.25, -0.2) is 9.59 Å². The summed E-state index contributed by atoms with van der Waals surface area (Å²) in [4.78, 5) is 122. The maximum Gasteiger partial charge on any atom is 0.408 e. The number of amides is 4. The Balaban J connectivity index is 0.000000237. The lowest BCUT2D eigenvalue weighted by atomic mass is 9.67. The molecule has 0 radical (unpaired) electrons. The zero-order chi connectivity index (χ0) is 74.0. The molecule has 10 rings (SSSR count). The minimum Gasteiger partial charge on any atom is -0.497 e. The molecular weight excluding hydrogens is 1470 g/mol. The molecule has 0 fully saturated rings. The van der Waals surface area contributed by atoms with Crippen LogP contribution in [0.25, 0.3) is 0 Å². The lowest BCUT2D eigenvalue weighted by Crippen LogP contribution is -2.67. The van der Waals surface area contributed by atoms with Gasteiger partial charge in [-0.3, -0.25) is 28.8 Å². The summed E-state index contributed by atoms with van der Waals surface area (Å²) in [5.41, 5.74) is -7.25. The average molecular weight is 1550 g/mol. The third-order valence-corrected chi connectivity index (χ3v) is 20.1. The van der Waals surface area contributed by atoms with Gasteiger partial charge in [0.1, 0.15) is 47.4 Å². The molecule has 0 bridgehead atoms. The largest absolute Gasteiger partial charge is 0.497 e. The van der Waals surface area contributed by atoms with Gasteiger partial charge in [-0.05, 0) is 175 Å². The minimum atomic E-state index is -2.36. The van der Waals surface area contributed by atoms with E-state index in [9.17, 15) is 28.8 Å². The number of ether oxygens (including phenoxy) is 8. The second-order valence-electron chi connectivity index (χ2n) is 26.1. The smallest absolute Gasteiger partial charge is 0.408 e. The SMILES string of the molecule is COc1ccc(COC(=O)[C@](C)(C(=O)Sc2ccc(OC)cc2)[C@@]2(NC(=O)OC(C)(C)C)C(=O)N(Cc3ccccc3)c3cc(Br)ccc32)cc1.COc1ccc(COC(=O)[C@](C)(C(=O)Sc2ccc(OC)cc2)[C@@]2(NC(=O)OC(C)(C)C)C(=O)N(Cc3ccccc3)c3cc(Br)ccc32)cc1. The second-order valence-corrected chi connectivity index (χ2v) is 30.0. The van der Waals surface area contributed by atoms with Crippen LogP contribution in [0.1, 0.15) is 88.8 Å². The molecule has 2 aliphatic rings. The molecule has 2 heterocycles. The van der Waals surface area contributed by atoms with Crippen LogP contribution in [0.2, 0.25) is 0 Å². The fourth-order valence-corrected chi connectivity index (χ4v) is 14.2. The van der Waals surface area contributed by atoms with Gasteiger partial charge in [0.2, 0.25) is 10.2 Å². The molecule has 0 saturated carbocycles. The predicted molar refractivity (Wildman–Crippen MR) is 395 cm³/mol. The molecule has 2 aliphatic heterocycles. The third-order valence-electron chi connectivity index (χ3n) is 16.9. The monoisotopic (exact) mass is 1550 g/mol. The van der Waals surface area contributed by atoms with E-state index in [0.29, 0.717) is 64.2 Å². The van der Waals surface area contributed by atoms with Crippen molar-refractivity contribution in [3.63, 3.8) is 0 Å². The summed E-state index contributed by atoms with van der Waals surface area (Å²) in [6.45, 7) is 12.5. The van der Waals surface area contributed by atoms with Crippen molar-refractivity contribution in [1.29, 1.82) is 0 Å². The maximum atomic E-state index is 15.3. The molecule has 8 aromatic rings. The van der Waals surface area contributed by atoms with Crippen LogP contribution in [-0.4, -0.2) is 85.8 Å². The zero-order valence-electron chi connectivity index (χ0n) is 58.3. The van der Waals surface area contributed by atoms with Crippen LogP contribution in [0, 0.1) is 10.8 Å². The van der Waals surface area contributed by atoms with E-state index in [1.54, 1.807) is 189 Å². The standard InChI is InChI=1S/2C39H39BrN2O8S/c2*1-37(2,3)50-36(46)41-39(31-21-14-27(40)22-32(31)42(33(39)43)23-25-10-8-7-9-11-25)38(4,35(45)51-30-19-17-29(48-6)18-20-30)34(44)49-24-26-12-15-28(47-5)16-13-26/h2*7-22H,23-24H2,1-6H3,(H,41,46)/t2*38-,39+/m11/s1. The molecule has 102 heavy (non-hydrogen) atoms. The number of halogens is 2. The van der Waals surface area contributed by atoms with Crippen molar-refractivity contribution in [2.45, 2.75) is 114 Å². The van der Waals surface area contributed by atoms with Gasteiger partial charge in [-0.2, -0.15) is 0 Å². The summed E-state index contributed by atoms with van der Waals surface area (Å²) in [6, 6.07) is 55.8. The highest BCUT2D eigenvalue weighted by atomic mass is 79.9. The van der Waals surface area contributed by atoms with Crippen LogP contribution in [0.5, 0.6) is 23.0 Å². The summed E-state index contributed by atoms with van der Waals surface area (Å²) in [6.07, 6.45) is -1.99. The second kappa shape index (κ2) is 32.1. The number of carbonyl (C=O) groups is 8. The highest BCUT2D eigenvalue weighted by Gasteiger charge is 2.72. The quantitative estimate of drug-likeness (QED) is 0.0277. The van der Waals surface area contributed by atoms with Gasteiger partial charge in [0.15, 0.2) is 21.9 Å². The first kappa shape index (κ1) is 76.6. The van der Waals surface area contributed by atoms with Crippen LogP contribution in [0.3, 0.4) is 0 Å². The molecule has 0 aromatic heterocycles. The van der Waals surface area contributed by atoms with Gasteiger partial charge < -0.3 is 58.3 Å². The Morgan fingerprint density at radius 3 is 1.01 bits per heavy atom. The molecule has 20 nitrogen and oxygen atoms in total. The van der Waals surface area contributed by atoms with Crippen molar-refractivity contribution in [2.75, 3.05) is 38.2 Å². The fraction of sp³-hybridized carbons (Fsp3) is 0.282. The predicted octanol–water partition coefficient (Wildman–Crippen LogP) is 15.6.